The lowest BCUT2D eigenvalue weighted by molar-refractivity contribution is 0.628. The second-order valence-electron chi connectivity index (χ2n) is 7.08. The lowest BCUT2D eigenvalue weighted by Crippen LogP contribution is -2.28. The van der Waals surface area contributed by atoms with Gasteiger partial charge in [0, 0.05) is 0 Å². The zero-order chi connectivity index (χ0) is 23.7. The molecular weight excluding hydrogens is 425 g/mol. The monoisotopic (exact) mass is 441 g/mol. The molecule has 4 rings (SSSR count). The van der Waals surface area contributed by atoms with Gasteiger partial charge in [-0.05, 0) is 31.2 Å². The predicted molar refractivity (Wildman–Crippen MR) is 120 cm³/mol. The van der Waals surface area contributed by atoms with Crippen molar-refractivity contribution in [2.75, 3.05) is 16.8 Å². The number of nitrogens with two attached hydrogens (primary N) is 2. The molecule has 0 aliphatic heterocycles. The van der Waals surface area contributed by atoms with Crippen molar-refractivity contribution in [3.05, 3.63) is 75.6 Å². The van der Waals surface area contributed by atoms with Crippen LogP contribution >= 0.6 is 0 Å². The molecule has 0 radical (unpaired) electrons. The fourth-order valence-corrected chi connectivity index (χ4v) is 3.45. The third kappa shape index (κ3) is 3.75. The molecule has 1 unspecified atom stereocenters. The zero-order valence-corrected chi connectivity index (χ0v) is 17.2. The highest BCUT2D eigenvalue weighted by Gasteiger charge is 2.22. The number of nitriles is 2. The number of nitrogens with zero attached hydrogens (tertiary/aromatic N) is 6. The minimum Gasteiger partial charge on any atom is -0.382 e. The summed E-state index contributed by atoms with van der Waals surface area (Å²) in [6, 6.07) is 13.8. The van der Waals surface area contributed by atoms with Gasteiger partial charge < -0.3 is 16.8 Å². The number of halogens is 1. The van der Waals surface area contributed by atoms with E-state index in [9.17, 15) is 19.7 Å². The summed E-state index contributed by atoms with van der Waals surface area (Å²) in [4.78, 5) is 25.8. The Morgan fingerprint density at radius 3 is 2.48 bits per heavy atom. The highest BCUT2D eigenvalue weighted by atomic mass is 19.1. The molecule has 11 heteroatoms. The summed E-state index contributed by atoms with van der Waals surface area (Å²) in [5.41, 5.74) is 11.3. The first-order valence-corrected chi connectivity index (χ1v) is 9.65. The molecule has 1 atom stereocenters. The molecule has 0 amide bonds. The Labute approximate surface area is 186 Å². The van der Waals surface area contributed by atoms with Gasteiger partial charge in [-0.3, -0.25) is 9.36 Å². The van der Waals surface area contributed by atoms with Crippen LogP contribution in [0.5, 0.6) is 0 Å². The predicted octanol–water partition coefficient (Wildman–Crippen LogP) is 2.40. The number of nitrogens with one attached hydrogen (secondary N) is 1. The summed E-state index contributed by atoms with van der Waals surface area (Å²) in [6.45, 7) is 1.68. The lowest BCUT2D eigenvalue weighted by Gasteiger charge is -2.21. The average molecular weight is 441 g/mol. The lowest BCUT2D eigenvalue weighted by atomic mass is 10.1. The molecule has 2 aromatic heterocycles. The molecule has 0 aliphatic carbocycles. The average Bonchev–Trinajstić information content (AvgIpc) is 2.79. The van der Waals surface area contributed by atoms with Crippen molar-refractivity contribution in [1.29, 1.82) is 10.5 Å². The molecule has 162 valence electrons. The normalized spacial score (nSPS) is 11.5. The molecule has 0 aliphatic rings. The molecule has 2 aromatic carbocycles. The molecule has 5 N–H and O–H groups in total. The van der Waals surface area contributed by atoms with Crippen LogP contribution in [0.25, 0.3) is 16.6 Å². The minimum atomic E-state index is -0.722. The third-order valence-electron chi connectivity index (χ3n) is 4.91. The maximum Gasteiger partial charge on any atom is 0.266 e. The van der Waals surface area contributed by atoms with E-state index in [0.29, 0.717) is 5.69 Å². The third-order valence-corrected chi connectivity index (χ3v) is 4.91. The Hall–Kier alpha value is -5.03. The molecule has 0 saturated heterocycles. The maximum atomic E-state index is 14.1. The first-order chi connectivity index (χ1) is 15.8. The molecular formula is C22H16FN9O. The van der Waals surface area contributed by atoms with E-state index in [1.54, 1.807) is 37.3 Å². The number of nitrogen functional groups attached to an aromatic ring is 2. The molecule has 2 heterocycles. The summed E-state index contributed by atoms with van der Waals surface area (Å²) in [7, 11) is 0. The number of anilines is 3. The van der Waals surface area contributed by atoms with Crippen LogP contribution < -0.4 is 22.3 Å². The number of rotatable bonds is 4. The summed E-state index contributed by atoms with van der Waals surface area (Å²) < 4.78 is 15.4. The number of aromatic nitrogens is 4. The number of para-hydroxylation sites is 1. The van der Waals surface area contributed by atoms with E-state index < -0.39 is 17.4 Å². The fourth-order valence-electron chi connectivity index (χ4n) is 3.45. The van der Waals surface area contributed by atoms with E-state index in [1.807, 2.05) is 12.1 Å². The molecule has 4 aromatic rings. The summed E-state index contributed by atoms with van der Waals surface area (Å²) in [5.74, 6) is -0.712. The van der Waals surface area contributed by atoms with Gasteiger partial charge in [0.2, 0.25) is 5.95 Å². The van der Waals surface area contributed by atoms with Gasteiger partial charge >= 0.3 is 0 Å². The van der Waals surface area contributed by atoms with Crippen LogP contribution in [0.2, 0.25) is 0 Å². The Morgan fingerprint density at radius 1 is 1.09 bits per heavy atom. The van der Waals surface area contributed by atoms with Crippen molar-refractivity contribution in [1.82, 2.24) is 19.5 Å². The van der Waals surface area contributed by atoms with Crippen LogP contribution in [-0.2, 0) is 0 Å². The molecule has 0 spiro atoms. The van der Waals surface area contributed by atoms with E-state index >= 15 is 0 Å². The molecule has 0 saturated carbocycles. The smallest absolute Gasteiger partial charge is 0.266 e. The highest BCUT2D eigenvalue weighted by molar-refractivity contribution is 5.84. The maximum absolute atomic E-state index is 14.1. The van der Waals surface area contributed by atoms with Crippen molar-refractivity contribution in [3.63, 3.8) is 0 Å². The molecule has 0 fully saturated rings. The van der Waals surface area contributed by atoms with Crippen LogP contribution in [0.4, 0.5) is 22.0 Å². The Morgan fingerprint density at radius 2 is 1.82 bits per heavy atom. The molecule has 33 heavy (non-hydrogen) atoms. The van der Waals surface area contributed by atoms with Crippen molar-refractivity contribution < 1.29 is 4.39 Å². The quantitative estimate of drug-likeness (QED) is 0.430. The zero-order valence-electron chi connectivity index (χ0n) is 17.2. The number of benzene rings is 2. The van der Waals surface area contributed by atoms with Gasteiger partial charge in [-0.15, -0.1) is 0 Å². The number of hydrogen-bond donors (Lipinski definition) is 3. The van der Waals surface area contributed by atoms with E-state index in [2.05, 4.69) is 20.3 Å². The van der Waals surface area contributed by atoms with Gasteiger partial charge in [-0.25, -0.2) is 9.37 Å². The van der Waals surface area contributed by atoms with Crippen molar-refractivity contribution in [2.24, 2.45) is 0 Å². The van der Waals surface area contributed by atoms with Crippen LogP contribution in [0.15, 0.2) is 47.3 Å². The van der Waals surface area contributed by atoms with E-state index in [-0.39, 0.29) is 45.4 Å². The summed E-state index contributed by atoms with van der Waals surface area (Å²) in [6.07, 6.45) is 0. The van der Waals surface area contributed by atoms with E-state index in [1.165, 1.54) is 4.57 Å². The van der Waals surface area contributed by atoms with Crippen molar-refractivity contribution in [2.45, 2.75) is 13.0 Å². The topological polar surface area (TPSA) is 172 Å². The second kappa shape index (κ2) is 8.24. The molecule has 0 bridgehead atoms. The second-order valence-corrected chi connectivity index (χ2v) is 7.08. The van der Waals surface area contributed by atoms with Gasteiger partial charge in [0.25, 0.3) is 5.56 Å². The summed E-state index contributed by atoms with van der Waals surface area (Å²) >= 11 is 0. The Balaban J connectivity index is 1.99. The van der Waals surface area contributed by atoms with Gasteiger partial charge in [0.15, 0.2) is 5.82 Å². The minimum absolute atomic E-state index is 0.0229. The van der Waals surface area contributed by atoms with Crippen molar-refractivity contribution in [3.8, 4) is 17.8 Å². The van der Waals surface area contributed by atoms with Crippen LogP contribution in [0.3, 0.4) is 0 Å². The number of fused-ring (bicyclic) bond motifs is 1. The first-order valence-electron chi connectivity index (χ1n) is 9.65. The van der Waals surface area contributed by atoms with Crippen molar-refractivity contribution >= 4 is 28.5 Å². The first kappa shape index (κ1) is 21.2. The van der Waals surface area contributed by atoms with Crippen LogP contribution in [0, 0.1) is 28.5 Å². The van der Waals surface area contributed by atoms with E-state index in [4.69, 9.17) is 11.5 Å². The van der Waals surface area contributed by atoms with Crippen LogP contribution in [0.1, 0.15) is 29.9 Å². The SMILES string of the molecule is CC(Nc1nc(N)nc(N)c1C#N)c1nc2c(C#N)cc(F)cc2c(=O)n1-c1ccccc1. The van der Waals surface area contributed by atoms with Gasteiger partial charge in [0.05, 0.1) is 28.2 Å². The van der Waals surface area contributed by atoms with Gasteiger partial charge in [-0.2, -0.15) is 20.5 Å². The largest absolute Gasteiger partial charge is 0.382 e. The number of hydrogen-bond acceptors (Lipinski definition) is 9. The van der Waals surface area contributed by atoms with Gasteiger partial charge in [0.1, 0.15) is 35.2 Å². The Bertz CT molecular complexity index is 1530. The summed E-state index contributed by atoms with van der Waals surface area (Å²) in [5, 5.41) is 21.9. The van der Waals surface area contributed by atoms with E-state index in [0.717, 1.165) is 12.1 Å². The Kier molecular flexibility index (Phi) is 5.30. The standard InChI is InChI=1S/C22H16FN9O/c1-11(28-19-16(10-25)18(26)30-22(27)31-19)20-29-17-12(9-24)7-13(23)8-15(17)21(33)32(20)14-5-3-2-4-6-14/h2-8,11H,1H3,(H5,26,27,28,30,31). The van der Waals surface area contributed by atoms with Crippen LogP contribution in [-0.4, -0.2) is 19.5 Å². The molecule has 10 nitrogen and oxygen atoms in total. The fraction of sp³-hybridized carbons (Fsp3) is 0.0909. The van der Waals surface area contributed by atoms with Gasteiger partial charge in [-0.1, -0.05) is 18.2 Å². The highest BCUT2D eigenvalue weighted by Crippen LogP contribution is 2.26.